The Morgan fingerprint density at radius 3 is 1.81 bits per heavy atom. The second-order valence-corrected chi connectivity index (χ2v) is 17.0. The van der Waals surface area contributed by atoms with Gasteiger partial charge in [0.2, 0.25) is 23.6 Å². The summed E-state index contributed by atoms with van der Waals surface area (Å²) in [6, 6.07) is 14.2. The van der Waals surface area contributed by atoms with Crippen molar-refractivity contribution in [1.29, 1.82) is 0 Å². The largest absolute Gasteiger partial charge is 0.343 e. The summed E-state index contributed by atoms with van der Waals surface area (Å²) in [5.74, 6) is -1.81. The zero-order valence-corrected chi connectivity index (χ0v) is 32.3. The Balaban J connectivity index is 1.51. The van der Waals surface area contributed by atoms with Crippen molar-refractivity contribution in [2.24, 2.45) is 17.4 Å². The lowest BCUT2D eigenvalue weighted by atomic mass is 9.99. The first-order valence-electron chi connectivity index (χ1n) is 18.7. The molecule has 4 amide bonds. The Morgan fingerprint density at radius 1 is 0.774 bits per heavy atom. The van der Waals surface area contributed by atoms with Gasteiger partial charge in [0.1, 0.15) is 18.1 Å². The molecule has 2 fully saturated rings. The monoisotopic (exact) mass is 754 g/mol. The van der Waals surface area contributed by atoms with Crippen LogP contribution >= 0.6 is 0 Å². The van der Waals surface area contributed by atoms with Crippen LogP contribution < -0.4 is 27.4 Å². The molecule has 0 aliphatic carbocycles. The molecule has 2 saturated heterocycles. The molecule has 6 atom stereocenters. The number of hydrogen-bond donors (Lipinski definition) is 5. The summed E-state index contributed by atoms with van der Waals surface area (Å²) in [4.78, 5) is 57.4. The molecule has 6 unspecified atom stereocenters. The van der Waals surface area contributed by atoms with E-state index < -0.39 is 52.1 Å². The molecule has 2 aromatic rings. The lowest BCUT2D eigenvalue weighted by Crippen LogP contribution is -2.63. The van der Waals surface area contributed by atoms with Gasteiger partial charge in [-0.15, -0.1) is 0 Å². The number of carbonyl (C=O) groups is 4. The second-order valence-electron chi connectivity index (χ2n) is 14.8. The van der Waals surface area contributed by atoms with E-state index in [0.29, 0.717) is 38.6 Å². The van der Waals surface area contributed by atoms with Gasteiger partial charge in [0.15, 0.2) is 0 Å². The number of carbonyl (C=O) groups excluding carboxylic acids is 4. The maximum Gasteiger partial charge on any atom is 0.281 e. The second kappa shape index (κ2) is 19.4. The number of fused-ring (bicyclic) bond motifs is 2. The Kier molecular flexibility index (Phi) is 15.4. The van der Waals surface area contributed by atoms with Crippen LogP contribution in [0.3, 0.4) is 0 Å². The average molecular weight is 755 g/mol. The van der Waals surface area contributed by atoms with Gasteiger partial charge in [0.25, 0.3) is 10.2 Å². The summed E-state index contributed by atoms with van der Waals surface area (Å²) in [6.07, 6.45) is 3.65. The predicted octanol–water partition coefficient (Wildman–Crippen LogP) is 0.910. The summed E-state index contributed by atoms with van der Waals surface area (Å²) in [5, 5.41) is 8.67. The molecule has 2 bridgehead atoms. The van der Waals surface area contributed by atoms with Crippen molar-refractivity contribution in [3.63, 3.8) is 0 Å². The molecular formula is C38H58N8O6S. The fourth-order valence-corrected chi connectivity index (χ4v) is 8.30. The molecule has 2 aliphatic rings. The Labute approximate surface area is 314 Å². The summed E-state index contributed by atoms with van der Waals surface area (Å²) in [6.45, 7) is 4.66. The first-order chi connectivity index (χ1) is 25.2. The maximum atomic E-state index is 14.2. The van der Waals surface area contributed by atoms with Crippen LogP contribution in [0.5, 0.6) is 0 Å². The first kappa shape index (κ1) is 41.9. The maximum absolute atomic E-state index is 14.2. The third-order valence-electron chi connectivity index (χ3n) is 9.94. The van der Waals surface area contributed by atoms with Crippen LogP contribution in [-0.4, -0.2) is 116 Å². The minimum atomic E-state index is -3.65. The standard InChI is InChI=1S/C38H58N8O6S/c1-26(2)21-33(43-37(49)34(23-28-15-9-6-10-16-28)42-35(47)31(40)22-27-13-7-5-8-14-27)36(48)41-32(17-11-12-20-39)38(50)46-29-18-19-30(46)25-45(24-29)53(51,52)44(3)4/h5-10,13-16,26,29-34H,11-12,17-25,39-40H2,1-4H3,(H,41,48)(H,42,47)(H,43,49). The quantitative estimate of drug-likeness (QED) is 0.130. The molecule has 0 saturated carbocycles. The van der Waals surface area contributed by atoms with Crippen molar-refractivity contribution in [3.8, 4) is 0 Å². The van der Waals surface area contributed by atoms with Crippen molar-refractivity contribution >= 4 is 33.8 Å². The van der Waals surface area contributed by atoms with Crippen molar-refractivity contribution in [3.05, 3.63) is 71.8 Å². The van der Waals surface area contributed by atoms with Crippen LogP contribution in [-0.2, 0) is 42.2 Å². The highest BCUT2D eigenvalue weighted by molar-refractivity contribution is 7.86. The fourth-order valence-electron chi connectivity index (χ4n) is 7.12. The highest BCUT2D eigenvalue weighted by Gasteiger charge is 2.47. The molecule has 15 heteroatoms. The minimum absolute atomic E-state index is 0.00136. The number of nitrogens with zero attached hydrogens (tertiary/aromatic N) is 3. The highest BCUT2D eigenvalue weighted by atomic mass is 32.2. The SMILES string of the molecule is CC(C)CC(NC(=O)C(Cc1ccccc1)NC(=O)C(N)Cc1ccccc1)C(=O)NC(CCCCN)C(=O)N1C2CCC1CN(S(=O)(=O)N(C)C)C2. The van der Waals surface area contributed by atoms with Crippen molar-refractivity contribution in [2.75, 3.05) is 33.7 Å². The Morgan fingerprint density at radius 2 is 1.28 bits per heavy atom. The number of unbranched alkanes of at least 4 members (excludes halogenated alkanes) is 1. The lowest BCUT2D eigenvalue weighted by Gasteiger charge is -2.42. The summed E-state index contributed by atoms with van der Waals surface area (Å²) >= 11 is 0. The van der Waals surface area contributed by atoms with Crippen molar-refractivity contribution in [2.45, 2.75) is 101 Å². The zero-order chi connectivity index (χ0) is 38.7. The molecule has 14 nitrogen and oxygen atoms in total. The minimum Gasteiger partial charge on any atom is -0.343 e. The van der Waals surface area contributed by atoms with E-state index in [1.807, 2.05) is 74.5 Å². The third-order valence-corrected chi connectivity index (χ3v) is 11.8. The van der Waals surface area contributed by atoms with E-state index in [2.05, 4.69) is 16.0 Å². The first-order valence-corrected chi connectivity index (χ1v) is 20.0. The highest BCUT2D eigenvalue weighted by Crippen LogP contribution is 2.33. The zero-order valence-electron chi connectivity index (χ0n) is 31.4. The summed E-state index contributed by atoms with van der Waals surface area (Å²) < 4.78 is 28.4. The van der Waals surface area contributed by atoms with Gasteiger partial charge >= 0.3 is 0 Å². The average Bonchev–Trinajstić information content (AvgIpc) is 3.38. The summed E-state index contributed by atoms with van der Waals surface area (Å²) in [7, 11) is -0.671. The van der Waals surface area contributed by atoms with Crippen LogP contribution in [0.4, 0.5) is 0 Å². The topological polar surface area (TPSA) is 200 Å². The van der Waals surface area contributed by atoms with E-state index in [-0.39, 0.29) is 56.3 Å². The van der Waals surface area contributed by atoms with Gasteiger partial charge < -0.3 is 32.3 Å². The Hall–Kier alpha value is -3.89. The molecule has 4 rings (SSSR count). The lowest BCUT2D eigenvalue weighted by molar-refractivity contribution is -0.141. The van der Waals surface area contributed by atoms with Gasteiger partial charge in [-0.2, -0.15) is 17.0 Å². The van der Waals surface area contributed by atoms with Crippen LogP contribution in [0.15, 0.2) is 60.7 Å². The van der Waals surface area contributed by atoms with E-state index in [1.54, 1.807) is 4.90 Å². The number of rotatable bonds is 19. The van der Waals surface area contributed by atoms with E-state index in [9.17, 15) is 27.6 Å². The van der Waals surface area contributed by atoms with Crippen LogP contribution in [0, 0.1) is 5.92 Å². The molecule has 7 N–H and O–H groups in total. The number of piperazine rings is 1. The van der Waals surface area contributed by atoms with Crippen LogP contribution in [0.1, 0.15) is 63.5 Å². The number of nitrogens with one attached hydrogen (secondary N) is 3. The van der Waals surface area contributed by atoms with Crippen molar-refractivity contribution in [1.82, 2.24) is 29.5 Å². The van der Waals surface area contributed by atoms with Gasteiger partial charge in [-0.25, -0.2) is 0 Å². The fraction of sp³-hybridized carbons (Fsp3) is 0.579. The number of hydrogen-bond acceptors (Lipinski definition) is 8. The van der Waals surface area contributed by atoms with Crippen LogP contribution in [0.2, 0.25) is 0 Å². The molecular weight excluding hydrogens is 697 g/mol. The van der Waals surface area contributed by atoms with Gasteiger partial charge in [0.05, 0.1) is 6.04 Å². The third kappa shape index (κ3) is 11.5. The van der Waals surface area contributed by atoms with E-state index in [0.717, 1.165) is 11.1 Å². The van der Waals surface area contributed by atoms with Gasteiger partial charge in [-0.3, -0.25) is 19.2 Å². The molecule has 0 aromatic heterocycles. The van der Waals surface area contributed by atoms with Gasteiger partial charge in [-0.1, -0.05) is 74.5 Å². The van der Waals surface area contributed by atoms with E-state index >= 15 is 0 Å². The Bertz CT molecular complexity index is 1610. The van der Waals surface area contributed by atoms with E-state index in [1.165, 1.54) is 22.7 Å². The van der Waals surface area contributed by atoms with Gasteiger partial charge in [0, 0.05) is 45.7 Å². The number of nitrogens with two attached hydrogens (primary N) is 2. The molecule has 0 radical (unpaired) electrons. The smallest absolute Gasteiger partial charge is 0.281 e. The van der Waals surface area contributed by atoms with Crippen LogP contribution in [0.25, 0.3) is 0 Å². The molecule has 2 heterocycles. The van der Waals surface area contributed by atoms with Crippen molar-refractivity contribution < 1.29 is 27.6 Å². The summed E-state index contributed by atoms with van der Waals surface area (Å²) in [5.41, 5.74) is 13.7. The number of amides is 4. The normalized spacial score (nSPS) is 19.7. The molecule has 292 valence electrons. The molecule has 2 aliphatic heterocycles. The van der Waals surface area contributed by atoms with E-state index in [4.69, 9.17) is 11.5 Å². The molecule has 2 aromatic carbocycles. The molecule has 53 heavy (non-hydrogen) atoms. The molecule has 0 spiro atoms. The van der Waals surface area contributed by atoms with Gasteiger partial charge in [-0.05, 0) is 68.5 Å². The predicted molar refractivity (Wildman–Crippen MR) is 204 cm³/mol. The number of benzene rings is 2.